The van der Waals surface area contributed by atoms with Gasteiger partial charge >= 0.3 is 5.97 Å². The number of benzene rings is 1. The third-order valence-electron chi connectivity index (χ3n) is 6.91. The predicted molar refractivity (Wildman–Crippen MR) is 139 cm³/mol. The van der Waals surface area contributed by atoms with Crippen LogP contribution in [-0.2, 0) is 30.9 Å². The first-order valence-corrected chi connectivity index (χ1v) is 14.8. The number of carboxylic acids is 1. The third-order valence-corrected chi connectivity index (χ3v) is 7.63. The summed E-state index contributed by atoms with van der Waals surface area (Å²) in [5.74, 6) is -1.57. The summed E-state index contributed by atoms with van der Waals surface area (Å²) in [5.41, 5.74) is 7.49. The number of hydrogen-bond acceptors (Lipinski definition) is 8. The number of carbonyl (C=O) groups excluding carboxylic acids is 1. The van der Waals surface area contributed by atoms with Gasteiger partial charge in [0.15, 0.2) is 0 Å². The molecule has 0 bridgehead atoms. The van der Waals surface area contributed by atoms with E-state index in [0.717, 1.165) is 42.4 Å². The highest BCUT2D eigenvalue weighted by Crippen LogP contribution is 2.41. The fourth-order valence-electron chi connectivity index (χ4n) is 5.09. The van der Waals surface area contributed by atoms with Crippen LogP contribution in [0, 0.1) is 5.92 Å². The van der Waals surface area contributed by atoms with Gasteiger partial charge in [-0.1, -0.05) is 25.5 Å². The number of amides is 1. The molecule has 0 spiro atoms. The van der Waals surface area contributed by atoms with E-state index in [1.807, 2.05) is 30.0 Å². The second kappa shape index (κ2) is 13.5. The molecule has 3 rings (SSSR count). The molecule has 0 saturated carbocycles. The van der Waals surface area contributed by atoms with E-state index in [4.69, 9.17) is 15.3 Å². The van der Waals surface area contributed by atoms with Crippen LogP contribution in [0.3, 0.4) is 0 Å². The molecule has 0 unspecified atom stereocenters. The number of likely N-dealkylation sites (tertiary alicyclic amines) is 1. The Hall–Kier alpha value is -2.25. The first-order chi connectivity index (χ1) is 17.6. The van der Waals surface area contributed by atoms with Crippen LogP contribution in [-0.4, -0.2) is 93.6 Å². The van der Waals surface area contributed by atoms with Crippen LogP contribution in [0.5, 0.6) is 5.75 Å². The highest BCUT2D eigenvalue weighted by molar-refractivity contribution is 7.88. The molecule has 11 nitrogen and oxygen atoms in total. The summed E-state index contributed by atoms with van der Waals surface area (Å²) in [6, 6.07) is 5.24. The van der Waals surface area contributed by atoms with Crippen LogP contribution in [0.4, 0.5) is 0 Å². The molecule has 3 atom stereocenters. The maximum Gasteiger partial charge on any atom is 0.308 e. The fraction of sp³-hybridized carbons (Fsp3) is 0.680. The number of nitrogens with two attached hydrogens (primary N) is 1. The molecule has 1 fully saturated rings. The Morgan fingerprint density at radius 2 is 2.11 bits per heavy atom. The first-order valence-electron chi connectivity index (χ1n) is 12.9. The molecule has 4 N–H and O–H groups in total. The zero-order chi connectivity index (χ0) is 27.0. The van der Waals surface area contributed by atoms with Crippen molar-refractivity contribution >= 4 is 21.9 Å². The Morgan fingerprint density at radius 1 is 1.32 bits per heavy atom. The van der Waals surface area contributed by atoms with E-state index < -0.39 is 28.0 Å². The summed E-state index contributed by atoms with van der Waals surface area (Å²) >= 11 is 0. The Kier molecular flexibility index (Phi) is 10.7. The summed E-state index contributed by atoms with van der Waals surface area (Å²) < 4.78 is 31.4. The second-order valence-electron chi connectivity index (χ2n) is 9.71. The molecular weight excluding hydrogens is 500 g/mol. The van der Waals surface area contributed by atoms with Gasteiger partial charge in [-0.25, -0.2) is 18.2 Å². The molecule has 2 aliphatic rings. The number of aliphatic carboxylic acids is 1. The number of fused-ring (bicyclic) bond motifs is 1. The van der Waals surface area contributed by atoms with Crippen LogP contribution in [0.25, 0.3) is 0 Å². The zero-order valence-corrected chi connectivity index (χ0v) is 22.5. The van der Waals surface area contributed by atoms with E-state index in [-0.39, 0.29) is 31.3 Å². The Morgan fingerprint density at radius 3 is 2.78 bits per heavy atom. The van der Waals surface area contributed by atoms with Gasteiger partial charge in [-0.2, -0.15) is 0 Å². The predicted octanol–water partition coefficient (Wildman–Crippen LogP) is 0.939. The number of hydrogen-bond donors (Lipinski definition) is 3. The van der Waals surface area contributed by atoms with E-state index >= 15 is 0 Å². The van der Waals surface area contributed by atoms with Gasteiger partial charge in [-0.15, -0.1) is 0 Å². The molecule has 208 valence electrons. The minimum absolute atomic E-state index is 0.0236. The maximum atomic E-state index is 13.3. The molecule has 1 aromatic rings. The van der Waals surface area contributed by atoms with Gasteiger partial charge in [0.25, 0.3) is 5.91 Å². The first kappa shape index (κ1) is 29.3. The van der Waals surface area contributed by atoms with Gasteiger partial charge in [0.1, 0.15) is 5.75 Å². The van der Waals surface area contributed by atoms with Crippen molar-refractivity contribution < 1.29 is 32.7 Å². The normalized spacial score (nSPS) is 21.5. The van der Waals surface area contributed by atoms with Crippen molar-refractivity contribution in [3.05, 3.63) is 29.3 Å². The molecule has 1 saturated heterocycles. The van der Waals surface area contributed by atoms with Gasteiger partial charge in [0, 0.05) is 38.0 Å². The fourth-order valence-corrected chi connectivity index (χ4v) is 5.58. The monoisotopic (exact) mass is 540 g/mol. The largest absolute Gasteiger partial charge is 0.493 e. The number of nitrogens with zero attached hydrogens (tertiary/aromatic N) is 2. The van der Waals surface area contributed by atoms with E-state index in [9.17, 15) is 23.1 Å². The lowest BCUT2D eigenvalue weighted by atomic mass is 9.83. The third kappa shape index (κ3) is 8.11. The van der Waals surface area contributed by atoms with Crippen molar-refractivity contribution in [3.63, 3.8) is 0 Å². The quantitative estimate of drug-likeness (QED) is 0.218. The molecule has 2 aliphatic heterocycles. The number of hydroxylamine groups is 2. The van der Waals surface area contributed by atoms with Crippen LogP contribution >= 0.6 is 0 Å². The summed E-state index contributed by atoms with van der Waals surface area (Å²) in [6.07, 6.45) is 4.36. The van der Waals surface area contributed by atoms with E-state index in [2.05, 4.69) is 4.72 Å². The number of unbranched alkanes of at least 4 members (excludes halogenated alkanes) is 1. The van der Waals surface area contributed by atoms with Crippen molar-refractivity contribution in [2.75, 3.05) is 52.2 Å². The number of ether oxygens (including phenoxy) is 1. The molecule has 0 aliphatic carbocycles. The van der Waals surface area contributed by atoms with E-state index in [1.165, 1.54) is 5.06 Å². The van der Waals surface area contributed by atoms with Crippen molar-refractivity contribution in [2.24, 2.45) is 11.7 Å². The smallest absolute Gasteiger partial charge is 0.308 e. The number of carboxylic acid groups (broad SMARTS) is 1. The van der Waals surface area contributed by atoms with Gasteiger partial charge in [-0.05, 0) is 43.0 Å². The lowest BCUT2D eigenvalue weighted by Crippen LogP contribution is -2.45. The van der Waals surface area contributed by atoms with Crippen LogP contribution in [0.15, 0.2) is 18.2 Å². The van der Waals surface area contributed by atoms with Crippen LogP contribution in [0.2, 0.25) is 0 Å². The number of rotatable bonds is 15. The lowest BCUT2D eigenvalue weighted by molar-refractivity contribution is -0.188. The molecule has 37 heavy (non-hydrogen) atoms. The van der Waals surface area contributed by atoms with Crippen LogP contribution < -0.4 is 15.2 Å². The standard InChI is InChI=1S/C25H40N4O7S/c1-3-4-12-29(36-13-5-10-26)23(30)17-28-16-20(18-6-7-22-19(15-18)9-14-35-22)24(25(31)32)21(28)8-11-27-37(2,33)34/h6-7,15,20-21,24,27H,3-5,8-14,16-17,26H2,1-2H3,(H,31,32)/t20-,21+,24-/m1/s1. The second-order valence-corrected chi connectivity index (χ2v) is 11.5. The topological polar surface area (TPSA) is 152 Å². The summed E-state index contributed by atoms with van der Waals surface area (Å²) in [7, 11) is -3.44. The Bertz CT molecular complexity index is 1040. The Labute approximate surface area is 219 Å². The SMILES string of the molecule is CCCCN(OCCCN)C(=O)CN1C[C@H](c2ccc3c(c2)CCO3)[C@@H](C(=O)O)[C@@H]1CCNS(C)(=O)=O. The van der Waals surface area contributed by atoms with Crippen LogP contribution in [0.1, 0.15) is 49.7 Å². The van der Waals surface area contributed by atoms with Crippen molar-refractivity contribution in [3.8, 4) is 5.75 Å². The molecule has 1 aromatic carbocycles. The van der Waals surface area contributed by atoms with Gasteiger partial charge in [0.2, 0.25) is 10.0 Å². The molecule has 2 heterocycles. The lowest BCUT2D eigenvalue weighted by Gasteiger charge is -2.29. The van der Waals surface area contributed by atoms with Gasteiger partial charge in [-0.3, -0.25) is 19.3 Å². The molecular formula is C25H40N4O7S. The van der Waals surface area contributed by atoms with Crippen molar-refractivity contribution in [1.29, 1.82) is 0 Å². The minimum Gasteiger partial charge on any atom is -0.493 e. The summed E-state index contributed by atoms with van der Waals surface area (Å²) in [4.78, 5) is 33.4. The average Bonchev–Trinajstić information content (AvgIpc) is 3.44. The molecule has 0 radical (unpaired) electrons. The number of sulfonamides is 1. The molecule has 1 amide bonds. The average molecular weight is 541 g/mol. The zero-order valence-electron chi connectivity index (χ0n) is 21.7. The van der Waals surface area contributed by atoms with Gasteiger partial charge in [0.05, 0.1) is 31.9 Å². The number of carbonyl (C=O) groups is 2. The molecule has 12 heteroatoms. The molecule has 0 aromatic heterocycles. The minimum atomic E-state index is -3.44. The van der Waals surface area contributed by atoms with E-state index in [1.54, 1.807) is 0 Å². The highest BCUT2D eigenvalue weighted by atomic mass is 32.2. The summed E-state index contributed by atoms with van der Waals surface area (Å²) in [6.45, 7) is 4.25. The van der Waals surface area contributed by atoms with E-state index in [0.29, 0.717) is 39.3 Å². The summed E-state index contributed by atoms with van der Waals surface area (Å²) in [5, 5.41) is 11.6. The highest BCUT2D eigenvalue weighted by Gasteiger charge is 2.47. The van der Waals surface area contributed by atoms with Gasteiger partial charge < -0.3 is 15.6 Å². The van der Waals surface area contributed by atoms with Crippen molar-refractivity contribution in [2.45, 2.75) is 51.0 Å². The maximum absolute atomic E-state index is 13.3. The Balaban J connectivity index is 1.84. The number of nitrogens with one attached hydrogen (secondary N) is 1. The van der Waals surface area contributed by atoms with Crippen molar-refractivity contribution in [1.82, 2.24) is 14.7 Å².